The van der Waals surface area contributed by atoms with Crippen molar-refractivity contribution in [1.82, 2.24) is 19.6 Å². The van der Waals surface area contributed by atoms with Gasteiger partial charge in [0.2, 0.25) is 5.91 Å². The smallest absolute Gasteiger partial charge is 0.235 e. The van der Waals surface area contributed by atoms with E-state index in [2.05, 4.69) is 22.4 Å². The molecule has 6 nitrogen and oxygen atoms in total. The Morgan fingerprint density at radius 1 is 1.24 bits per heavy atom. The summed E-state index contributed by atoms with van der Waals surface area (Å²) in [6, 6.07) is 9.85. The van der Waals surface area contributed by atoms with Gasteiger partial charge in [0.1, 0.15) is 5.82 Å². The minimum atomic E-state index is -0.00868. The van der Waals surface area contributed by atoms with Crippen LogP contribution in [0.4, 0.5) is 5.82 Å². The standard InChI is InChI=1S/C18H19N5OS/c1-11-16(12(2)22(3)21-11)17-14-9-19-23(13-7-5-4-6-8-13)18(14)20-15(24)10-25-17/h4-9,17H,10H2,1-3H3,(H,20,24)/t17-/m0/s1. The minimum absolute atomic E-state index is 0.00868. The van der Waals surface area contributed by atoms with E-state index in [1.165, 1.54) is 0 Å². The Balaban J connectivity index is 1.88. The maximum atomic E-state index is 12.3. The number of carbonyl (C=O) groups is 1. The number of para-hydroxylation sites is 1. The van der Waals surface area contributed by atoms with Gasteiger partial charge in [-0.2, -0.15) is 10.2 Å². The summed E-state index contributed by atoms with van der Waals surface area (Å²) in [6.45, 7) is 4.08. The Kier molecular flexibility index (Phi) is 3.88. The van der Waals surface area contributed by atoms with E-state index in [4.69, 9.17) is 0 Å². The third-order valence-corrected chi connectivity index (χ3v) is 5.80. The van der Waals surface area contributed by atoms with Gasteiger partial charge in [-0.15, -0.1) is 11.8 Å². The summed E-state index contributed by atoms with van der Waals surface area (Å²) < 4.78 is 3.69. The molecule has 1 atom stereocenters. The van der Waals surface area contributed by atoms with E-state index in [1.54, 1.807) is 16.4 Å². The van der Waals surface area contributed by atoms with Gasteiger partial charge in [0.25, 0.3) is 0 Å². The second-order valence-electron chi connectivity index (χ2n) is 6.14. The Morgan fingerprint density at radius 2 is 2.00 bits per heavy atom. The SMILES string of the molecule is Cc1nn(C)c(C)c1[C@H]1SCC(=O)Nc2c1cnn2-c1ccccc1. The molecule has 2 aromatic heterocycles. The number of benzene rings is 1. The second-order valence-corrected chi connectivity index (χ2v) is 7.24. The van der Waals surface area contributed by atoms with Gasteiger partial charge >= 0.3 is 0 Å². The minimum Gasteiger partial charge on any atom is -0.310 e. The van der Waals surface area contributed by atoms with E-state index in [1.807, 2.05) is 55.2 Å². The van der Waals surface area contributed by atoms with Crippen molar-refractivity contribution in [3.8, 4) is 5.69 Å². The number of aromatic nitrogens is 4. The van der Waals surface area contributed by atoms with Crippen molar-refractivity contribution in [2.75, 3.05) is 11.1 Å². The summed E-state index contributed by atoms with van der Waals surface area (Å²) in [5.41, 5.74) is 5.21. The number of hydrogen-bond acceptors (Lipinski definition) is 4. The molecule has 0 bridgehead atoms. The zero-order chi connectivity index (χ0) is 17.6. The van der Waals surface area contributed by atoms with Crippen molar-refractivity contribution < 1.29 is 4.79 Å². The summed E-state index contributed by atoms with van der Waals surface area (Å²) in [6.07, 6.45) is 1.86. The summed E-state index contributed by atoms with van der Waals surface area (Å²) in [4.78, 5) is 12.3. The Morgan fingerprint density at radius 3 is 2.68 bits per heavy atom. The zero-order valence-electron chi connectivity index (χ0n) is 14.4. The van der Waals surface area contributed by atoms with Crippen molar-refractivity contribution >= 4 is 23.5 Å². The van der Waals surface area contributed by atoms with Gasteiger partial charge in [0.05, 0.1) is 28.6 Å². The highest BCUT2D eigenvalue weighted by Gasteiger charge is 2.31. The van der Waals surface area contributed by atoms with Crippen molar-refractivity contribution in [3.05, 3.63) is 59.0 Å². The van der Waals surface area contributed by atoms with Gasteiger partial charge in [0.15, 0.2) is 0 Å². The molecule has 128 valence electrons. The van der Waals surface area contributed by atoms with E-state index in [-0.39, 0.29) is 11.2 Å². The van der Waals surface area contributed by atoms with Gasteiger partial charge in [-0.1, -0.05) is 18.2 Å². The first-order valence-corrected chi connectivity index (χ1v) is 9.16. The van der Waals surface area contributed by atoms with Crippen molar-refractivity contribution in [1.29, 1.82) is 0 Å². The van der Waals surface area contributed by atoms with Crippen LogP contribution < -0.4 is 5.32 Å². The quantitative estimate of drug-likeness (QED) is 0.769. The van der Waals surface area contributed by atoms with Crippen LogP contribution in [0.1, 0.15) is 27.8 Å². The molecule has 1 amide bonds. The third-order valence-electron chi connectivity index (χ3n) is 4.55. The Bertz CT molecular complexity index is 944. The number of fused-ring (bicyclic) bond motifs is 1. The van der Waals surface area contributed by atoms with Gasteiger partial charge in [-0.3, -0.25) is 9.48 Å². The summed E-state index contributed by atoms with van der Waals surface area (Å²) in [5, 5.41) is 12.1. The molecule has 0 fully saturated rings. The highest BCUT2D eigenvalue weighted by Crippen LogP contribution is 2.44. The number of carbonyl (C=O) groups excluding carboxylic acids is 1. The molecule has 4 rings (SSSR count). The van der Waals surface area contributed by atoms with Crippen LogP contribution in [0.5, 0.6) is 0 Å². The van der Waals surface area contributed by atoms with Crippen LogP contribution in [0.2, 0.25) is 0 Å². The van der Waals surface area contributed by atoms with Crippen LogP contribution in [0.15, 0.2) is 36.5 Å². The monoisotopic (exact) mass is 353 g/mol. The van der Waals surface area contributed by atoms with Crippen LogP contribution in [-0.4, -0.2) is 31.2 Å². The van der Waals surface area contributed by atoms with Crippen LogP contribution in [0.25, 0.3) is 5.69 Å². The molecule has 1 aliphatic rings. The molecule has 0 unspecified atom stereocenters. The number of aryl methyl sites for hydroxylation is 2. The molecule has 3 aromatic rings. The molecule has 1 aliphatic heterocycles. The second kappa shape index (κ2) is 6.07. The van der Waals surface area contributed by atoms with E-state index in [0.29, 0.717) is 5.75 Å². The fraction of sp³-hybridized carbons (Fsp3) is 0.278. The van der Waals surface area contributed by atoms with Crippen molar-refractivity contribution in [3.63, 3.8) is 0 Å². The van der Waals surface area contributed by atoms with Gasteiger partial charge in [-0.25, -0.2) is 4.68 Å². The summed E-state index contributed by atoms with van der Waals surface area (Å²) in [5.74, 6) is 1.14. The summed E-state index contributed by atoms with van der Waals surface area (Å²) >= 11 is 1.62. The van der Waals surface area contributed by atoms with Gasteiger partial charge in [-0.05, 0) is 26.0 Å². The molecule has 1 N–H and O–H groups in total. The fourth-order valence-electron chi connectivity index (χ4n) is 3.27. The average Bonchev–Trinajstić information content (AvgIpc) is 3.06. The Hall–Kier alpha value is -2.54. The van der Waals surface area contributed by atoms with Crippen molar-refractivity contribution in [2.45, 2.75) is 19.1 Å². The molecule has 0 saturated heterocycles. The largest absolute Gasteiger partial charge is 0.310 e. The number of nitrogens with one attached hydrogen (secondary N) is 1. The normalized spacial score (nSPS) is 17.1. The van der Waals surface area contributed by atoms with E-state index in [9.17, 15) is 4.79 Å². The number of thioether (sulfide) groups is 1. The predicted octanol–water partition coefficient (Wildman–Crippen LogP) is 3.00. The maximum absolute atomic E-state index is 12.3. The lowest BCUT2D eigenvalue weighted by Crippen LogP contribution is -2.15. The molecule has 0 radical (unpaired) electrons. The fourth-order valence-corrected chi connectivity index (χ4v) is 4.52. The van der Waals surface area contributed by atoms with Gasteiger partial charge < -0.3 is 5.32 Å². The predicted molar refractivity (Wildman–Crippen MR) is 99.2 cm³/mol. The molecule has 25 heavy (non-hydrogen) atoms. The van der Waals surface area contributed by atoms with Crippen LogP contribution >= 0.6 is 11.8 Å². The number of anilines is 1. The lowest BCUT2D eigenvalue weighted by atomic mass is 10.0. The molecular formula is C18H19N5OS. The van der Waals surface area contributed by atoms with Gasteiger partial charge in [0, 0.05) is 23.9 Å². The number of rotatable bonds is 2. The highest BCUT2D eigenvalue weighted by molar-refractivity contribution is 8.00. The third kappa shape index (κ3) is 2.64. The first-order valence-electron chi connectivity index (χ1n) is 8.11. The topological polar surface area (TPSA) is 64.7 Å². The molecule has 0 saturated carbocycles. The highest BCUT2D eigenvalue weighted by atomic mass is 32.2. The van der Waals surface area contributed by atoms with E-state index >= 15 is 0 Å². The first kappa shape index (κ1) is 16.0. The average molecular weight is 353 g/mol. The molecule has 0 spiro atoms. The van der Waals surface area contributed by atoms with Crippen molar-refractivity contribution in [2.24, 2.45) is 7.05 Å². The summed E-state index contributed by atoms with van der Waals surface area (Å²) in [7, 11) is 1.95. The number of hydrogen-bond donors (Lipinski definition) is 1. The zero-order valence-corrected chi connectivity index (χ0v) is 15.2. The lowest BCUT2D eigenvalue weighted by molar-refractivity contribution is -0.113. The molecular weight excluding hydrogens is 334 g/mol. The Labute approximate surface area is 150 Å². The van der Waals surface area contributed by atoms with Crippen LogP contribution in [-0.2, 0) is 11.8 Å². The first-order chi connectivity index (χ1) is 12.1. The number of amides is 1. The van der Waals surface area contributed by atoms with Crippen LogP contribution in [0.3, 0.4) is 0 Å². The lowest BCUT2D eigenvalue weighted by Gasteiger charge is -2.15. The van der Waals surface area contributed by atoms with E-state index in [0.717, 1.165) is 34.0 Å². The molecule has 1 aromatic carbocycles. The van der Waals surface area contributed by atoms with Crippen LogP contribution in [0, 0.1) is 13.8 Å². The van der Waals surface area contributed by atoms with E-state index < -0.39 is 0 Å². The molecule has 0 aliphatic carbocycles. The molecule has 7 heteroatoms. The molecule has 3 heterocycles. The maximum Gasteiger partial charge on any atom is 0.235 e. The number of nitrogens with zero attached hydrogens (tertiary/aromatic N) is 4.